The van der Waals surface area contributed by atoms with E-state index in [1.807, 2.05) is 35.2 Å². The van der Waals surface area contributed by atoms with E-state index in [0.29, 0.717) is 13.1 Å². The van der Waals surface area contributed by atoms with Gasteiger partial charge in [-0.05, 0) is 36.6 Å². The number of nitrogens with one attached hydrogen (secondary N) is 1. The third-order valence-electron chi connectivity index (χ3n) is 5.46. The van der Waals surface area contributed by atoms with Crippen LogP contribution in [0.3, 0.4) is 0 Å². The minimum Gasteiger partial charge on any atom is -0.368 e. The summed E-state index contributed by atoms with van der Waals surface area (Å²) < 4.78 is 0. The molecule has 3 aromatic rings. The molecular formula is C23H26N4O. The Hall–Kier alpha value is -3.08. The molecule has 0 bridgehead atoms. The number of aromatic nitrogens is 1. The first-order valence-corrected chi connectivity index (χ1v) is 9.90. The first-order valence-electron chi connectivity index (χ1n) is 9.90. The van der Waals surface area contributed by atoms with Gasteiger partial charge in [0.1, 0.15) is 0 Å². The number of hydrogen-bond acceptors (Lipinski definition) is 3. The van der Waals surface area contributed by atoms with Crippen molar-refractivity contribution >= 4 is 28.3 Å². The van der Waals surface area contributed by atoms with Crippen LogP contribution in [0.25, 0.3) is 10.9 Å². The van der Waals surface area contributed by atoms with Crippen LogP contribution in [0.15, 0.2) is 54.7 Å². The van der Waals surface area contributed by atoms with Crippen LogP contribution in [0.5, 0.6) is 0 Å². The fourth-order valence-electron chi connectivity index (χ4n) is 3.99. The number of aryl methyl sites for hydroxylation is 2. The van der Waals surface area contributed by atoms with Crippen molar-refractivity contribution in [1.29, 1.82) is 0 Å². The number of hydrogen-bond donors (Lipinski definition) is 1. The van der Waals surface area contributed by atoms with Crippen molar-refractivity contribution in [1.82, 2.24) is 9.88 Å². The van der Waals surface area contributed by atoms with Crippen molar-refractivity contribution in [3.05, 3.63) is 65.9 Å². The Balaban J connectivity index is 1.45. The highest BCUT2D eigenvalue weighted by Crippen LogP contribution is 2.27. The van der Waals surface area contributed by atoms with Gasteiger partial charge in [-0.25, -0.2) is 4.79 Å². The maximum Gasteiger partial charge on any atom is 0.322 e. The summed E-state index contributed by atoms with van der Waals surface area (Å²) in [6.45, 7) is 7.47. The Morgan fingerprint density at radius 2 is 1.79 bits per heavy atom. The van der Waals surface area contributed by atoms with Gasteiger partial charge in [-0.1, -0.05) is 43.3 Å². The molecule has 4 rings (SSSR count). The van der Waals surface area contributed by atoms with E-state index in [4.69, 9.17) is 0 Å². The molecule has 144 valence electrons. The standard InChI is InChI=1S/C23H26N4O/c1-3-18-8-4-7-17(2)22(18)26-13-15-27(16-14-26)23(28)25-20-11-5-9-19-10-6-12-24-21(19)20/h4-12H,3,13-16H2,1-2H3,(H,25,28). The normalized spacial score (nSPS) is 14.4. The lowest BCUT2D eigenvalue weighted by Gasteiger charge is -2.37. The number of rotatable bonds is 3. The average Bonchev–Trinajstić information content (AvgIpc) is 2.74. The topological polar surface area (TPSA) is 48.5 Å². The Morgan fingerprint density at radius 3 is 2.57 bits per heavy atom. The molecule has 2 heterocycles. The van der Waals surface area contributed by atoms with Gasteiger partial charge in [0.25, 0.3) is 0 Å². The summed E-state index contributed by atoms with van der Waals surface area (Å²) in [6, 6.07) is 16.2. The Bertz CT molecular complexity index is 988. The van der Waals surface area contributed by atoms with Gasteiger partial charge in [-0.2, -0.15) is 0 Å². The first-order chi connectivity index (χ1) is 13.7. The number of pyridine rings is 1. The quantitative estimate of drug-likeness (QED) is 0.736. The summed E-state index contributed by atoms with van der Waals surface area (Å²) >= 11 is 0. The maximum atomic E-state index is 12.8. The lowest BCUT2D eigenvalue weighted by atomic mass is 10.0. The van der Waals surface area contributed by atoms with Crippen LogP contribution in [0.2, 0.25) is 0 Å². The third-order valence-corrected chi connectivity index (χ3v) is 5.46. The molecule has 0 atom stereocenters. The molecule has 1 fully saturated rings. The zero-order chi connectivity index (χ0) is 19.5. The Morgan fingerprint density at radius 1 is 1.04 bits per heavy atom. The molecule has 0 radical (unpaired) electrons. The van der Waals surface area contributed by atoms with E-state index < -0.39 is 0 Å². The highest BCUT2D eigenvalue weighted by Gasteiger charge is 2.23. The number of fused-ring (bicyclic) bond motifs is 1. The second kappa shape index (κ2) is 7.89. The highest BCUT2D eigenvalue weighted by molar-refractivity contribution is 5.99. The van der Waals surface area contributed by atoms with Gasteiger partial charge in [0.2, 0.25) is 0 Å². The van der Waals surface area contributed by atoms with Crippen molar-refractivity contribution in [3.63, 3.8) is 0 Å². The molecule has 2 aromatic carbocycles. The van der Waals surface area contributed by atoms with Crippen LogP contribution >= 0.6 is 0 Å². The van der Waals surface area contributed by atoms with E-state index >= 15 is 0 Å². The van der Waals surface area contributed by atoms with Crippen LogP contribution in [-0.2, 0) is 6.42 Å². The lowest BCUT2D eigenvalue weighted by molar-refractivity contribution is 0.208. The molecule has 1 aliphatic rings. The van der Waals surface area contributed by atoms with Crippen LogP contribution in [0.1, 0.15) is 18.1 Å². The van der Waals surface area contributed by atoms with Gasteiger partial charge < -0.3 is 15.1 Å². The molecule has 1 N–H and O–H groups in total. The molecule has 1 aliphatic heterocycles. The summed E-state index contributed by atoms with van der Waals surface area (Å²) in [7, 11) is 0. The van der Waals surface area contributed by atoms with Crippen LogP contribution < -0.4 is 10.2 Å². The summed E-state index contributed by atoms with van der Waals surface area (Å²) in [5, 5.41) is 4.07. The molecular weight excluding hydrogens is 348 g/mol. The van der Waals surface area contributed by atoms with Gasteiger partial charge in [-0.15, -0.1) is 0 Å². The van der Waals surface area contributed by atoms with E-state index in [-0.39, 0.29) is 6.03 Å². The van der Waals surface area contributed by atoms with Gasteiger partial charge in [0, 0.05) is 43.4 Å². The van der Waals surface area contributed by atoms with E-state index in [1.54, 1.807) is 6.20 Å². The Kier molecular flexibility index (Phi) is 5.15. The number of carbonyl (C=O) groups excluding carboxylic acids is 1. The predicted octanol–water partition coefficient (Wildman–Crippen LogP) is 4.46. The van der Waals surface area contributed by atoms with E-state index in [1.165, 1.54) is 16.8 Å². The molecule has 1 saturated heterocycles. The molecule has 5 heteroatoms. The second-order valence-electron chi connectivity index (χ2n) is 7.22. The summed E-state index contributed by atoms with van der Waals surface area (Å²) in [6.07, 6.45) is 2.77. The molecule has 28 heavy (non-hydrogen) atoms. The van der Waals surface area contributed by atoms with E-state index in [0.717, 1.165) is 36.1 Å². The molecule has 0 unspecified atom stereocenters. The maximum absolute atomic E-state index is 12.8. The average molecular weight is 374 g/mol. The highest BCUT2D eigenvalue weighted by atomic mass is 16.2. The number of nitrogens with zero attached hydrogens (tertiary/aromatic N) is 3. The number of piperazine rings is 1. The number of carbonyl (C=O) groups is 1. The zero-order valence-electron chi connectivity index (χ0n) is 16.5. The van der Waals surface area contributed by atoms with Gasteiger partial charge in [-0.3, -0.25) is 4.98 Å². The van der Waals surface area contributed by atoms with Crippen molar-refractivity contribution in [2.24, 2.45) is 0 Å². The predicted molar refractivity (Wildman–Crippen MR) is 115 cm³/mol. The number of amides is 2. The fourth-order valence-corrected chi connectivity index (χ4v) is 3.99. The van der Waals surface area contributed by atoms with E-state index in [2.05, 4.69) is 47.2 Å². The molecule has 0 aliphatic carbocycles. The molecule has 2 amide bonds. The van der Waals surface area contributed by atoms with Crippen LogP contribution in [0.4, 0.5) is 16.2 Å². The number of para-hydroxylation sites is 2. The molecule has 0 saturated carbocycles. The largest absolute Gasteiger partial charge is 0.368 e. The lowest BCUT2D eigenvalue weighted by Crippen LogP contribution is -2.50. The Labute approximate surface area is 166 Å². The van der Waals surface area contributed by atoms with Crippen LogP contribution in [0, 0.1) is 6.92 Å². The van der Waals surface area contributed by atoms with Crippen molar-refractivity contribution in [2.45, 2.75) is 20.3 Å². The van der Waals surface area contributed by atoms with Gasteiger partial charge >= 0.3 is 6.03 Å². The number of anilines is 2. The smallest absolute Gasteiger partial charge is 0.322 e. The van der Waals surface area contributed by atoms with E-state index in [9.17, 15) is 4.79 Å². The minimum atomic E-state index is -0.0571. The third kappa shape index (κ3) is 3.52. The number of urea groups is 1. The molecule has 0 spiro atoms. The first kappa shape index (κ1) is 18.3. The van der Waals surface area contributed by atoms with Crippen molar-refractivity contribution < 1.29 is 4.79 Å². The second-order valence-corrected chi connectivity index (χ2v) is 7.22. The summed E-state index contributed by atoms with van der Waals surface area (Å²) in [5.41, 5.74) is 5.60. The molecule has 5 nitrogen and oxygen atoms in total. The number of benzene rings is 2. The monoisotopic (exact) mass is 374 g/mol. The SMILES string of the molecule is CCc1cccc(C)c1N1CCN(C(=O)Nc2cccc3cccnc23)CC1. The summed E-state index contributed by atoms with van der Waals surface area (Å²) in [5.74, 6) is 0. The minimum absolute atomic E-state index is 0.0571. The van der Waals surface area contributed by atoms with Gasteiger partial charge in [0.05, 0.1) is 11.2 Å². The van der Waals surface area contributed by atoms with Crippen molar-refractivity contribution in [2.75, 3.05) is 36.4 Å². The fraction of sp³-hybridized carbons (Fsp3) is 0.304. The van der Waals surface area contributed by atoms with Crippen LogP contribution in [-0.4, -0.2) is 42.1 Å². The summed E-state index contributed by atoms with van der Waals surface area (Å²) in [4.78, 5) is 21.5. The zero-order valence-corrected chi connectivity index (χ0v) is 16.5. The molecule has 1 aromatic heterocycles. The van der Waals surface area contributed by atoms with Gasteiger partial charge in [0.15, 0.2) is 0 Å². The van der Waals surface area contributed by atoms with Crippen molar-refractivity contribution in [3.8, 4) is 0 Å².